The highest BCUT2D eigenvalue weighted by molar-refractivity contribution is 5.61. The molecule has 5 heteroatoms. The summed E-state index contributed by atoms with van der Waals surface area (Å²) < 4.78 is 1.88. The summed E-state index contributed by atoms with van der Waals surface area (Å²) in [6.45, 7) is 2.91. The SMILES string of the molecule is CC(Cn1cc(-c2ccc(N(C)C)cc2)nn1)c1ccccn1. The maximum Gasteiger partial charge on any atom is 0.113 e. The largest absolute Gasteiger partial charge is 0.378 e. The van der Waals surface area contributed by atoms with E-state index < -0.39 is 0 Å². The Morgan fingerprint density at radius 1 is 1.09 bits per heavy atom. The molecule has 0 spiro atoms. The van der Waals surface area contributed by atoms with Crippen LogP contribution in [0, 0.1) is 0 Å². The number of anilines is 1. The summed E-state index contributed by atoms with van der Waals surface area (Å²) in [5.41, 5.74) is 4.21. The molecule has 1 aromatic carbocycles. The van der Waals surface area contributed by atoms with E-state index in [9.17, 15) is 0 Å². The Labute approximate surface area is 136 Å². The van der Waals surface area contributed by atoms with Crippen LogP contribution in [0.4, 0.5) is 5.69 Å². The molecule has 0 aliphatic rings. The van der Waals surface area contributed by atoms with Crippen LogP contribution in [0.1, 0.15) is 18.5 Å². The molecule has 0 aliphatic heterocycles. The number of benzene rings is 1. The summed E-state index contributed by atoms with van der Waals surface area (Å²) in [7, 11) is 4.06. The molecule has 0 amide bonds. The number of hydrogen-bond donors (Lipinski definition) is 0. The highest BCUT2D eigenvalue weighted by atomic mass is 15.4. The molecule has 0 fully saturated rings. The summed E-state index contributed by atoms with van der Waals surface area (Å²) in [4.78, 5) is 6.48. The van der Waals surface area contributed by atoms with Crippen LogP contribution in [-0.4, -0.2) is 34.1 Å². The number of hydrogen-bond acceptors (Lipinski definition) is 4. The van der Waals surface area contributed by atoms with Gasteiger partial charge in [-0.1, -0.05) is 30.3 Å². The van der Waals surface area contributed by atoms with Crippen LogP contribution in [0.15, 0.2) is 54.9 Å². The smallest absolute Gasteiger partial charge is 0.113 e. The van der Waals surface area contributed by atoms with Gasteiger partial charge in [0.05, 0.1) is 12.7 Å². The number of rotatable bonds is 5. The molecule has 0 bridgehead atoms. The second-order valence-corrected chi connectivity index (χ2v) is 5.92. The Bertz CT molecular complexity index is 747. The fourth-order valence-electron chi connectivity index (χ4n) is 2.49. The molecule has 5 nitrogen and oxygen atoms in total. The lowest BCUT2D eigenvalue weighted by molar-refractivity contribution is 0.519. The first-order chi connectivity index (χ1) is 11.1. The Balaban J connectivity index is 1.73. The van der Waals surface area contributed by atoms with Gasteiger partial charge >= 0.3 is 0 Å². The molecule has 1 atom stereocenters. The molecule has 2 heterocycles. The first-order valence-corrected chi connectivity index (χ1v) is 7.72. The molecule has 2 aromatic heterocycles. The molecule has 118 valence electrons. The number of aromatic nitrogens is 4. The van der Waals surface area contributed by atoms with Crippen molar-refractivity contribution in [3.63, 3.8) is 0 Å². The van der Waals surface area contributed by atoms with Gasteiger partial charge in [0, 0.05) is 43.2 Å². The maximum atomic E-state index is 4.40. The monoisotopic (exact) mass is 307 g/mol. The standard InChI is InChI=1S/C18H21N5/c1-14(17-6-4-5-11-19-17)12-23-13-18(20-21-23)15-7-9-16(10-8-15)22(2)3/h4-11,13-14H,12H2,1-3H3. The molecular weight excluding hydrogens is 286 g/mol. The van der Waals surface area contributed by atoms with E-state index in [2.05, 4.69) is 51.4 Å². The van der Waals surface area contributed by atoms with Crippen LogP contribution in [0.25, 0.3) is 11.3 Å². The second-order valence-electron chi connectivity index (χ2n) is 5.92. The van der Waals surface area contributed by atoms with Crippen molar-refractivity contribution in [3.05, 3.63) is 60.6 Å². The molecule has 0 aliphatic carbocycles. The third-order valence-corrected chi connectivity index (χ3v) is 3.87. The Hall–Kier alpha value is -2.69. The van der Waals surface area contributed by atoms with Crippen LogP contribution in [0.3, 0.4) is 0 Å². The molecule has 0 N–H and O–H groups in total. The van der Waals surface area contributed by atoms with Gasteiger partial charge in [-0.15, -0.1) is 5.10 Å². The van der Waals surface area contributed by atoms with E-state index in [1.54, 1.807) is 0 Å². The van der Waals surface area contributed by atoms with Gasteiger partial charge < -0.3 is 4.90 Å². The Morgan fingerprint density at radius 2 is 1.87 bits per heavy atom. The molecule has 1 unspecified atom stereocenters. The number of nitrogens with zero attached hydrogens (tertiary/aromatic N) is 5. The minimum Gasteiger partial charge on any atom is -0.378 e. The van der Waals surface area contributed by atoms with Gasteiger partial charge in [-0.3, -0.25) is 9.67 Å². The van der Waals surface area contributed by atoms with Crippen molar-refractivity contribution in [1.82, 2.24) is 20.0 Å². The minimum atomic E-state index is 0.293. The van der Waals surface area contributed by atoms with Crippen LogP contribution < -0.4 is 4.90 Å². The lowest BCUT2D eigenvalue weighted by Crippen LogP contribution is -2.08. The van der Waals surface area contributed by atoms with E-state index in [1.807, 2.05) is 49.4 Å². The van der Waals surface area contributed by atoms with Crippen LogP contribution in [0.2, 0.25) is 0 Å². The third-order valence-electron chi connectivity index (χ3n) is 3.87. The first-order valence-electron chi connectivity index (χ1n) is 7.72. The van der Waals surface area contributed by atoms with E-state index in [-0.39, 0.29) is 0 Å². The maximum absolute atomic E-state index is 4.40. The fraction of sp³-hybridized carbons (Fsp3) is 0.278. The predicted octanol–water partition coefficient (Wildman–Crippen LogP) is 3.21. The van der Waals surface area contributed by atoms with Crippen molar-refractivity contribution in [2.75, 3.05) is 19.0 Å². The van der Waals surface area contributed by atoms with Crippen LogP contribution in [0.5, 0.6) is 0 Å². The van der Waals surface area contributed by atoms with E-state index in [0.29, 0.717) is 5.92 Å². The highest BCUT2D eigenvalue weighted by Gasteiger charge is 2.10. The Kier molecular flexibility index (Phi) is 4.37. The van der Waals surface area contributed by atoms with Gasteiger partial charge in [-0.2, -0.15) is 0 Å². The summed E-state index contributed by atoms with van der Waals surface area (Å²) >= 11 is 0. The summed E-state index contributed by atoms with van der Waals surface area (Å²) in [6, 6.07) is 14.3. The third kappa shape index (κ3) is 3.56. The van der Waals surface area contributed by atoms with Gasteiger partial charge in [0.2, 0.25) is 0 Å². The summed E-state index contributed by atoms with van der Waals surface area (Å²) in [5, 5.41) is 8.53. The van der Waals surface area contributed by atoms with Gasteiger partial charge in [0.15, 0.2) is 0 Å². The van der Waals surface area contributed by atoms with Crippen molar-refractivity contribution in [1.29, 1.82) is 0 Å². The van der Waals surface area contributed by atoms with Crippen molar-refractivity contribution >= 4 is 5.69 Å². The van der Waals surface area contributed by atoms with Gasteiger partial charge in [-0.05, 0) is 24.3 Å². The summed E-state index contributed by atoms with van der Waals surface area (Å²) in [5.74, 6) is 0.293. The second kappa shape index (κ2) is 6.60. The van der Waals surface area contributed by atoms with Crippen LogP contribution in [-0.2, 0) is 6.54 Å². The normalized spacial score (nSPS) is 12.1. The topological polar surface area (TPSA) is 46.8 Å². The van der Waals surface area contributed by atoms with E-state index in [1.165, 1.54) is 5.69 Å². The lowest BCUT2D eigenvalue weighted by Gasteiger charge is -2.12. The molecule has 0 radical (unpaired) electrons. The zero-order valence-corrected chi connectivity index (χ0v) is 13.7. The molecule has 23 heavy (non-hydrogen) atoms. The van der Waals surface area contributed by atoms with Gasteiger partial charge in [0.1, 0.15) is 5.69 Å². The zero-order chi connectivity index (χ0) is 16.2. The lowest BCUT2D eigenvalue weighted by atomic mass is 10.1. The Morgan fingerprint density at radius 3 is 2.52 bits per heavy atom. The zero-order valence-electron chi connectivity index (χ0n) is 13.7. The van der Waals surface area contributed by atoms with Crippen LogP contribution >= 0.6 is 0 Å². The van der Waals surface area contributed by atoms with Crippen molar-refractivity contribution in [3.8, 4) is 11.3 Å². The quantitative estimate of drug-likeness (QED) is 0.726. The van der Waals surface area contributed by atoms with Gasteiger partial charge in [-0.25, -0.2) is 0 Å². The van der Waals surface area contributed by atoms with Crippen molar-refractivity contribution in [2.45, 2.75) is 19.4 Å². The highest BCUT2D eigenvalue weighted by Crippen LogP contribution is 2.21. The molecule has 0 saturated heterocycles. The molecule has 3 rings (SSSR count). The predicted molar refractivity (Wildman–Crippen MR) is 92.4 cm³/mol. The van der Waals surface area contributed by atoms with Gasteiger partial charge in [0.25, 0.3) is 0 Å². The molecular formula is C18H21N5. The van der Waals surface area contributed by atoms with E-state index in [0.717, 1.165) is 23.5 Å². The van der Waals surface area contributed by atoms with Crippen molar-refractivity contribution in [2.24, 2.45) is 0 Å². The van der Waals surface area contributed by atoms with Crippen molar-refractivity contribution < 1.29 is 0 Å². The average molecular weight is 307 g/mol. The first kappa shape index (κ1) is 15.2. The fourth-order valence-corrected chi connectivity index (χ4v) is 2.49. The molecule has 0 saturated carbocycles. The molecule has 3 aromatic rings. The van der Waals surface area contributed by atoms with E-state index in [4.69, 9.17) is 0 Å². The minimum absolute atomic E-state index is 0.293. The average Bonchev–Trinajstić information content (AvgIpc) is 3.04. The van der Waals surface area contributed by atoms with E-state index >= 15 is 0 Å². The number of pyridine rings is 1. The summed E-state index contributed by atoms with van der Waals surface area (Å²) in [6.07, 6.45) is 3.81.